The third kappa shape index (κ3) is 62.4. The highest BCUT2D eigenvalue weighted by molar-refractivity contribution is 5.71. The number of hydrogen-bond acceptors (Lipinski definition) is 6. The number of esters is 3. The Bertz CT molecular complexity index is 1250. The predicted octanol–water partition coefficient (Wildman–Crippen LogP) is 22.8. The molecule has 0 fully saturated rings. The molecule has 0 bridgehead atoms. The Morgan fingerprint density at radius 3 is 0.693 bits per heavy atom. The standard InChI is InChI=1S/C69H128O6/c1-4-7-10-13-16-19-22-25-27-29-30-31-32-33-34-35-36-37-38-39-40-41-43-44-47-50-53-56-59-62-68(71)74-65-66(64-73-67(70)61-58-55-52-49-46-24-21-18-15-12-9-6-3)75-69(72)63-60-57-54-51-48-45-42-28-26-23-20-17-14-11-8-5-2/h18,21,28-30,42,66H,4-17,19-20,22-27,31-41,43-65H2,1-3H3/b21-18-,30-29-,42-28-. The van der Waals surface area contributed by atoms with Crippen LogP contribution in [0, 0.1) is 0 Å². The number of hydrogen-bond donors (Lipinski definition) is 0. The minimum absolute atomic E-state index is 0.0743. The molecule has 0 aromatic rings. The third-order valence-electron chi connectivity index (χ3n) is 15.1. The molecule has 0 aromatic heterocycles. The lowest BCUT2D eigenvalue weighted by Crippen LogP contribution is -2.30. The summed E-state index contributed by atoms with van der Waals surface area (Å²) in [5, 5.41) is 0. The van der Waals surface area contributed by atoms with E-state index in [2.05, 4.69) is 57.2 Å². The highest BCUT2D eigenvalue weighted by Gasteiger charge is 2.19. The molecule has 0 spiro atoms. The van der Waals surface area contributed by atoms with Gasteiger partial charge in [0.15, 0.2) is 6.10 Å². The summed E-state index contributed by atoms with van der Waals surface area (Å²) in [5.74, 6) is -0.870. The van der Waals surface area contributed by atoms with Gasteiger partial charge >= 0.3 is 17.9 Å². The molecule has 0 radical (unpaired) electrons. The van der Waals surface area contributed by atoms with Crippen molar-refractivity contribution in [2.45, 2.75) is 374 Å². The summed E-state index contributed by atoms with van der Waals surface area (Å²) >= 11 is 0. The van der Waals surface area contributed by atoms with Crippen molar-refractivity contribution in [3.63, 3.8) is 0 Å². The van der Waals surface area contributed by atoms with Gasteiger partial charge in [-0.25, -0.2) is 0 Å². The molecule has 0 heterocycles. The molecule has 0 aliphatic carbocycles. The summed E-state index contributed by atoms with van der Waals surface area (Å²) in [6.07, 6.45) is 78.9. The number of unbranched alkanes of at least 4 members (excludes halogenated alkanes) is 45. The molecule has 6 heteroatoms. The van der Waals surface area contributed by atoms with Crippen LogP contribution < -0.4 is 0 Å². The zero-order valence-corrected chi connectivity index (χ0v) is 50.6. The maximum atomic E-state index is 12.9. The summed E-state index contributed by atoms with van der Waals surface area (Å²) < 4.78 is 16.9. The molecule has 440 valence electrons. The van der Waals surface area contributed by atoms with Crippen LogP contribution in [0.5, 0.6) is 0 Å². The van der Waals surface area contributed by atoms with E-state index in [1.54, 1.807) is 0 Å². The van der Waals surface area contributed by atoms with Gasteiger partial charge in [0.2, 0.25) is 0 Å². The van der Waals surface area contributed by atoms with E-state index in [9.17, 15) is 14.4 Å². The van der Waals surface area contributed by atoms with Gasteiger partial charge in [-0.05, 0) is 96.3 Å². The van der Waals surface area contributed by atoms with E-state index in [1.807, 2.05) is 0 Å². The van der Waals surface area contributed by atoms with Crippen LogP contribution in [0.1, 0.15) is 367 Å². The second-order valence-corrected chi connectivity index (χ2v) is 22.7. The fourth-order valence-electron chi connectivity index (χ4n) is 10.0. The van der Waals surface area contributed by atoms with Crippen LogP contribution in [0.25, 0.3) is 0 Å². The van der Waals surface area contributed by atoms with Crippen LogP contribution >= 0.6 is 0 Å². The Kier molecular flexibility index (Phi) is 62.1. The van der Waals surface area contributed by atoms with Gasteiger partial charge in [0.05, 0.1) is 0 Å². The number of ether oxygens (including phenoxy) is 3. The molecule has 1 atom stereocenters. The maximum Gasteiger partial charge on any atom is 0.306 e. The number of allylic oxidation sites excluding steroid dienone is 6. The van der Waals surface area contributed by atoms with Crippen molar-refractivity contribution < 1.29 is 28.6 Å². The van der Waals surface area contributed by atoms with Crippen LogP contribution in [0.4, 0.5) is 0 Å². The fraction of sp³-hybridized carbons (Fsp3) is 0.870. The first-order valence-corrected chi connectivity index (χ1v) is 33.5. The molecule has 75 heavy (non-hydrogen) atoms. The molecule has 0 rings (SSSR count). The second kappa shape index (κ2) is 64.2. The molecule has 0 aromatic carbocycles. The van der Waals surface area contributed by atoms with E-state index < -0.39 is 6.10 Å². The average Bonchev–Trinajstić information content (AvgIpc) is 3.41. The normalized spacial score (nSPS) is 12.2. The molecule has 0 aliphatic rings. The SMILES string of the molecule is CCCCC/C=C\CCCCCCCC(=O)OCC(COC(=O)CCCCCCCCCCCCCCCCCCC/C=C\CCCCCCCCCC)OC(=O)CCCCCCC/C=C\CCCCCCCCC. The average molecular weight is 1050 g/mol. The Labute approximate surface area is 467 Å². The van der Waals surface area contributed by atoms with Crippen LogP contribution in [0.2, 0.25) is 0 Å². The lowest BCUT2D eigenvalue weighted by atomic mass is 10.0. The van der Waals surface area contributed by atoms with Gasteiger partial charge in [0.25, 0.3) is 0 Å². The molecule has 0 N–H and O–H groups in total. The smallest absolute Gasteiger partial charge is 0.306 e. The lowest BCUT2D eigenvalue weighted by Gasteiger charge is -2.18. The number of carbonyl (C=O) groups is 3. The van der Waals surface area contributed by atoms with E-state index in [0.29, 0.717) is 19.3 Å². The zero-order valence-electron chi connectivity index (χ0n) is 50.6. The van der Waals surface area contributed by atoms with Crippen LogP contribution in [0.3, 0.4) is 0 Å². The highest BCUT2D eigenvalue weighted by Crippen LogP contribution is 2.17. The van der Waals surface area contributed by atoms with Gasteiger partial charge in [-0.15, -0.1) is 0 Å². The summed E-state index contributed by atoms with van der Waals surface area (Å²) in [4.78, 5) is 38.3. The minimum Gasteiger partial charge on any atom is -0.462 e. The molecule has 0 amide bonds. The molecule has 0 saturated carbocycles. The summed E-state index contributed by atoms with van der Waals surface area (Å²) in [5.41, 5.74) is 0. The quantitative estimate of drug-likeness (QED) is 0.0261. The van der Waals surface area contributed by atoms with Gasteiger partial charge in [-0.1, -0.05) is 288 Å². The first-order chi connectivity index (χ1) is 37.0. The van der Waals surface area contributed by atoms with Gasteiger partial charge in [-0.3, -0.25) is 14.4 Å². The molecule has 1 unspecified atom stereocenters. The maximum absolute atomic E-state index is 12.9. The van der Waals surface area contributed by atoms with E-state index in [4.69, 9.17) is 14.2 Å². The fourth-order valence-corrected chi connectivity index (χ4v) is 10.0. The van der Waals surface area contributed by atoms with Crippen molar-refractivity contribution in [1.29, 1.82) is 0 Å². The van der Waals surface area contributed by atoms with Gasteiger partial charge in [-0.2, -0.15) is 0 Å². The largest absolute Gasteiger partial charge is 0.462 e. The number of rotatable bonds is 62. The van der Waals surface area contributed by atoms with E-state index in [1.165, 1.54) is 257 Å². The lowest BCUT2D eigenvalue weighted by molar-refractivity contribution is -0.167. The second-order valence-electron chi connectivity index (χ2n) is 22.7. The first kappa shape index (κ1) is 72.6. The van der Waals surface area contributed by atoms with E-state index >= 15 is 0 Å². The van der Waals surface area contributed by atoms with Crippen LogP contribution in [-0.4, -0.2) is 37.2 Å². The summed E-state index contributed by atoms with van der Waals surface area (Å²) in [6.45, 7) is 6.65. The van der Waals surface area contributed by atoms with Crippen molar-refractivity contribution >= 4 is 17.9 Å². The monoisotopic (exact) mass is 1050 g/mol. The molecular weight excluding hydrogens is 925 g/mol. The van der Waals surface area contributed by atoms with Gasteiger partial charge in [0, 0.05) is 19.3 Å². The Morgan fingerprint density at radius 2 is 0.440 bits per heavy atom. The molecule has 0 aliphatic heterocycles. The molecule has 0 saturated heterocycles. The highest BCUT2D eigenvalue weighted by atomic mass is 16.6. The van der Waals surface area contributed by atoms with E-state index in [0.717, 1.165) is 70.6 Å². The van der Waals surface area contributed by atoms with Crippen molar-refractivity contribution in [3.8, 4) is 0 Å². The number of carbonyl (C=O) groups excluding carboxylic acids is 3. The topological polar surface area (TPSA) is 78.9 Å². The molecule has 6 nitrogen and oxygen atoms in total. The Balaban J connectivity index is 4.15. The van der Waals surface area contributed by atoms with Crippen molar-refractivity contribution in [3.05, 3.63) is 36.5 Å². The summed E-state index contributed by atoms with van der Waals surface area (Å²) in [7, 11) is 0. The third-order valence-corrected chi connectivity index (χ3v) is 15.1. The van der Waals surface area contributed by atoms with Crippen molar-refractivity contribution in [2.24, 2.45) is 0 Å². The predicted molar refractivity (Wildman–Crippen MR) is 326 cm³/mol. The minimum atomic E-state index is -0.778. The Hall–Kier alpha value is -2.37. The first-order valence-electron chi connectivity index (χ1n) is 33.5. The van der Waals surface area contributed by atoms with Gasteiger partial charge < -0.3 is 14.2 Å². The molecular formula is C69H128O6. The Morgan fingerprint density at radius 1 is 0.253 bits per heavy atom. The van der Waals surface area contributed by atoms with E-state index in [-0.39, 0.29) is 31.1 Å². The van der Waals surface area contributed by atoms with Crippen molar-refractivity contribution in [2.75, 3.05) is 13.2 Å². The van der Waals surface area contributed by atoms with Crippen LogP contribution in [-0.2, 0) is 28.6 Å². The van der Waals surface area contributed by atoms with Crippen molar-refractivity contribution in [1.82, 2.24) is 0 Å². The zero-order chi connectivity index (χ0) is 54.3. The summed E-state index contributed by atoms with van der Waals surface area (Å²) in [6, 6.07) is 0. The van der Waals surface area contributed by atoms with Crippen LogP contribution in [0.15, 0.2) is 36.5 Å². The van der Waals surface area contributed by atoms with Gasteiger partial charge in [0.1, 0.15) is 13.2 Å².